The lowest BCUT2D eigenvalue weighted by atomic mass is 9.87. The van der Waals surface area contributed by atoms with Crippen LogP contribution >= 0.6 is 0 Å². The molecule has 1 fully saturated rings. The third kappa shape index (κ3) is 3.67. The van der Waals surface area contributed by atoms with Crippen LogP contribution in [0.5, 0.6) is 0 Å². The van der Waals surface area contributed by atoms with Gasteiger partial charge in [-0.3, -0.25) is 4.90 Å². The molecule has 0 bridgehead atoms. The Balaban J connectivity index is 2.21. The first kappa shape index (κ1) is 16.5. The summed E-state index contributed by atoms with van der Waals surface area (Å²) in [6.07, 6.45) is 7.91. The zero-order valence-corrected chi connectivity index (χ0v) is 14.3. The van der Waals surface area contributed by atoms with Crippen molar-refractivity contribution in [2.24, 2.45) is 5.73 Å². The van der Waals surface area contributed by atoms with Crippen LogP contribution in [0.2, 0.25) is 0 Å². The normalized spacial score (nSPS) is 18.8. The predicted octanol–water partition coefficient (Wildman–Crippen LogP) is 4.10. The third-order valence-corrected chi connectivity index (χ3v) is 5.46. The molecule has 21 heavy (non-hydrogen) atoms. The standard InChI is InChI=1S/C19H32N2/c1-15-11-16(2)18(17(3)12-15)13-21(4)19(14-20)9-7-5-6-8-10-19/h11-12H,5-10,13-14,20H2,1-4H3. The molecule has 0 amide bonds. The predicted molar refractivity (Wildman–Crippen MR) is 91.6 cm³/mol. The molecular weight excluding hydrogens is 256 g/mol. The Morgan fingerprint density at radius 1 is 1.00 bits per heavy atom. The SMILES string of the molecule is Cc1cc(C)c(CN(C)C2(CN)CCCCCC2)c(C)c1. The Kier molecular flexibility index (Phi) is 5.45. The van der Waals surface area contributed by atoms with Crippen molar-refractivity contribution in [2.75, 3.05) is 13.6 Å². The highest BCUT2D eigenvalue weighted by Gasteiger charge is 2.33. The summed E-state index contributed by atoms with van der Waals surface area (Å²) in [7, 11) is 2.27. The molecule has 2 rings (SSSR count). The Hall–Kier alpha value is -0.860. The highest BCUT2D eigenvalue weighted by molar-refractivity contribution is 5.37. The van der Waals surface area contributed by atoms with Gasteiger partial charge in [0.15, 0.2) is 0 Å². The van der Waals surface area contributed by atoms with E-state index in [0.717, 1.165) is 13.1 Å². The number of hydrogen-bond donors (Lipinski definition) is 1. The lowest BCUT2D eigenvalue weighted by molar-refractivity contribution is 0.0993. The largest absolute Gasteiger partial charge is 0.329 e. The molecule has 2 nitrogen and oxygen atoms in total. The molecule has 0 unspecified atom stereocenters. The van der Waals surface area contributed by atoms with Crippen LogP contribution in [-0.4, -0.2) is 24.0 Å². The van der Waals surface area contributed by atoms with Gasteiger partial charge in [0.2, 0.25) is 0 Å². The van der Waals surface area contributed by atoms with E-state index < -0.39 is 0 Å². The minimum absolute atomic E-state index is 0.209. The van der Waals surface area contributed by atoms with Gasteiger partial charge in [0.1, 0.15) is 0 Å². The van der Waals surface area contributed by atoms with Gasteiger partial charge in [0, 0.05) is 18.6 Å². The Morgan fingerprint density at radius 2 is 1.52 bits per heavy atom. The van der Waals surface area contributed by atoms with Crippen LogP contribution in [0.25, 0.3) is 0 Å². The highest BCUT2D eigenvalue weighted by atomic mass is 15.2. The van der Waals surface area contributed by atoms with E-state index in [-0.39, 0.29) is 5.54 Å². The third-order valence-electron chi connectivity index (χ3n) is 5.46. The Morgan fingerprint density at radius 3 is 2.00 bits per heavy atom. The minimum atomic E-state index is 0.209. The number of aryl methyl sites for hydroxylation is 3. The number of nitrogens with two attached hydrogens (primary N) is 1. The molecule has 1 aromatic rings. The number of benzene rings is 1. The number of nitrogens with zero attached hydrogens (tertiary/aromatic N) is 1. The summed E-state index contributed by atoms with van der Waals surface area (Å²) in [5.74, 6) is 0. The van der Waals surface area contributed by atoms with Crippen LogP contribution in [0.4, 0.5) is 0 Å². The summed E-state index contributed by atoms with van der Waals surface area (Å²) in [6, 6.07) is 4.61. The van der Waals surface area contributed by atoms with Crippen LogP contribution in [0, 0.1) is 20.8 Å². The van der Waals surface area contributed by atoms with Crippen LogP contribution < -0.4 is 5.73 Å². The molecule has 1 aliphatic rings. The van der Waals surface area contributed by atoms with E-state index in [4.69, 9.17) is 5.73 Å². The molecular formula is C19H32N2. The molecule has 2 heteroatoms. The van der Waals surface area contributed by atoms with Crippen LogP contribution in [0.3, 0.4) is 0 Å². The van der Waals surface area contributed by atoms with Gasteiger partial charge < -0.3 is 5.73 Å². The highest BCUT2D eigenvalue weighted by Crippen LogP contribution is 2.32. The van der Waals surface area contributed by atoms with E-state index in [1.54, 1.807) is 0 Å². The lowest BCUT2D eigenvalue weighted by Crippen LogP contribution is -2.51. The zero-order valence-electron chi connectivity index (χ0n) is 14.3. The molecule has 118 valence electrons. The molecule has 2 N–H and O–H groups in total. The minimum Gasteiger partial charge on any atom is -0.329 e. The van der Waals surface area contributed by atoms with Crippen molar-refractivity contribution >= 4 is 0 Å². The second-order valence-corrected chi connectivity index (χ2v) is 7.08. The maximum absolute atomic E-state index is 6.22. The van der Waals surface area contributed by atoms with E-state index in [0.29, 0.717) is 0 Å². The lowest BCUT2D eigenvalue weighted by Gasteiger charge is -2.41. The van der Waals surface area contributed by atoms with Crippen molar-refractivity contribution in [1.82, 2.24) is 4.90 Å². The van der Waals surface area contributed by atoms with E-state index in [1.165, 1.54) is 60.8 Å². The Bertz CT molecular complexity index is 447. The van der Waals surface area contributed by atoms with Crippen molar-refractivity contribution in [1.29, 1.82) is 0 Å². The van der Waals surface area contributed by atoms with Crippen LogP contribution in [0.1, 0.15) is 60.8 Å². The quantitative estimate of drug-likeness (QED) is 0.845. The second kappa shape index (κ2) is 6.93. The van der Waals surface area contributed by atoms with E-state index in [1.807, 2.05) is 0 Å². The molecule has 0 radical (unpaired) electrons. The van der Waals surface area contributed by atoms with Crippen molar-refractivity contribution in [2.45, 2.75) is 71.4 Å². The molecule has 0 aromatic heterocycles. The number of likely N-dealkylation sites (N-methyl/N-ethyl adjacent to an activating group) is 1. The van der Waals surface area contributed by atoms with Crippen LogP contribution in [-0.2, 0) is 6.54 Å². The first-order valence-corrected chi connectivity index (χ1v) is 8.46. The average molecular weight is 288 g/mol. The van der Waals surface area contributed by atoms with Gasteiger partial charge in [-0.25, -0.2) is 0 Å². The maximum Gasteiger partial charge on any atom is 0.0332 e. The second-order valence-electron chi connectivity index (χ2n) is 7.08. The first-order chi connectivity index (χ1) is 9.98. The number of rotatable bonds is 4. The molecule has 0 saturated heterocycles. The maximum atomic E-state index is 6.22. The summed E-state index contributed by atoms with van der Waals surface area (Å²) in [5.41, 5.74) is 12.1. The van der Waals surface area contributed by atoms with Gasteiger partial charge in [0.05, 0.1) is 0 Å². The van der Waals surface area contributed by atoms with Gasteiger partial charge in [-0.1, -0.05) is 43.4 Å². The van der Waals surface area contributed by atoms with Crippen molar-refractivity contribution in [3.63, 3.8) is 0 Å². The Labute approximate surface area is 130 Å². The van der Waals surface area contributed by atoms with E-state index in [2.05, 4.69) is 44.9 Å². The summed E-state index contributed by atoms with van der Waals surface area (Å²) in [6.45, 7) is 8.47. The molecule has 1 aromatic carbocycles. The van der Waals surface area contributed by atoms with Crippen LogP contribution in [0.15, 0.2) is 12.1 Å². The van der Waals surface area contributed by atoms with E-state index >= 15 is 0 Å². The fourth-order valence-electron chi connectivity index (χ4n) is 3.99. The van der Waals surface area contributed by atoms with Gasteiger partial charge in [-0.2, -0.15) is 0 Å². The molecule has 0 heterocycles. The zero-order chi connectivity index (χ0) is 15.5. The van der Waals surface area contributed by atoms with Gasteiger partial charge >= 0.3 is 0 Å². The van der Waals surface area contributed by atoms with Gasteiger partial charge in [-0.15, -0.1) is 0 Å². The van der Waals surface area contributed by atoms with Crippen molar-refractivity contribution in [3.05, 3.63) is 34.4 Å². The molecule has 0 aliphatic heterocycles. The molecule has 1 aliphatic carbocycles. The van der Waals surface area contributed by atoms with Crippen molar-refractivity contribution < 1.29 is 0 Å². The fourth-order valence-corrected chi connectivity index (χ4v) is 3.99. The van der Waals surface area contributed by atoms with Gasteiger partial charge in [-0.05, 0) is 57.4 Å². The molecule has 0 spiro atoms. The topological polar surface area (TPSA) is 29.3 Å². The van der Waals surface area contributed by atoms with Gasteiger partial charge in [0.25, 0.3) is 0 Å². The summed E-state index contributed by atoms with van der Waals surface area (Å²) < 4.78 is 0. The molecule has 1 saturated carbocycles. The first-order valence-electron chi connectivity index (χ1n) is 8.46. The monoisotopic (exact) mass is 288 g/mol. The number of hydrogen-bond acceptors (Lipinski definition) is 2. The molecule has 0 atom stereocenters. The smallest absolute Gasteiger partial charge is 0.0332 e. The van der Waals surface area contributed by atoms with Crippen molar-refractivity contribution in [3.8, 4) is 0 Å². The summed E-state index contributed by atoms with van der Waals surface area (Å²) in [4.78, 5) is 2.54. The van der Waals surface area contributed by atoms with E-state index in [9.17, 15) is 0 Å². The fraction of sp³-hybridized carbons (Fsp3) is 0.684. The average Bonchev–Trinajstić information content (AvgIpc) is 2.68. The summed E-state index contributed by atoms with van der Waals surface area (Å²) >= 11 is 0. The summed E-state index contributed by atoms with van der Waals surface area (Å²) in [5, 5.41) is 0.